The van der Waals surface area contributed by atoms with E-state index in [4.69, 9.17) is 5.73 Å². The lowest BCUT2D eigenvalue weighted by molar-refractivity contribution is 0.709. The third-order valence-corrected chi connectivity index (χ3v) is 3.17. The number of pyridine rings is 1. The van der Waals surface area contributed by atoms with Gasteiger partial charge in [0.25, 0.3) is 0 Å². The van der Waals surface area contributed by atoms with Crippen LogP contribution in [-0.2, 0) is 6.54 Å². The van der Waals surface area contributed by atoms with Crippen LogP contribution in [0.1, 0.15) is 25.5 Å². The van der Waals surface area contributed by atoms with Gasteiger partial charge in [-0.3, -0.25) is 4.98 Å². The highest BCUT2D eigenvalue weighted by Gasteiger charge is 2.09. The molecule has 0 unspecified atom stereocenters. The van der Waals surface area contributed by atoms with E-state index in [1.54, 1.807) is 6.20 Å². The van der Waals surface area contributed by atoms with Gasteiger partial charge in [0.15, 0.2) is 0 Å². The predicted octanol–water partition coefficient (Wildman–Crippen LogP) is 3.47. The normalized spacial score (nSPS) is 10.4. The molecule has 2 aromatic rings. The Morgan fingerprint density at radius 2 is 1.89 bits per heavy atom. The molecule has 0 atom stereocenters. The molecule has 3 heteroatoms. The minimum Gasteiger partial charge on any atom is -0.397 e. The van der Waals surface area contributed by atoms with Crippen molar-refractivity contribution in [3.05, 3.63) is 54.4 Å². The molecule has 0 amide bonds. The number of aromatic nitrogens is 1. The Hall–Kier alpha value is -2.03. The largest absolute Gasteiger partial charge is 0.397 e. The number of hydrogen-bond acceptors (Lipinski definition) is 3. The maximum Gasteiger partial charge on any atom is 0.0825 e. The van der Waals surface area contributed by atoms with Crippen molar-refractivity contribution in [2.45, 2.75) is 26.3 Å². The molecule has 2 rings (SSSR count). The van der Waals surface area contributed by atoms with Crippen molar-refractivity contribution in [1.29, 1.82) is 0 Å². The minimum atomic E-state index is 0.761. The van der Waals surface area contributed by atoms with Gasteiger partial charge in [-0.25, -0.2) is 0 Å². The van der Waals surface area contributed by atoms with Gasteiger partial charge in [-0.15, -0.1) is 0 Å². The number of unbranched alkanes of at least 4 members (excludes halogenated alkanes) is 1. The Morgan fingerprint density at radius 1 is 1.11 bits per heavy atom. The van der Waals surface area contributed by atoms with Crippen molar-refractivity contribution in [1.82, 2.24) is 4.98 Å². The zero-order valence-electron chi connectivity index (χ0n) is 11.4. The Kier molecular flexibility index (Phi) is 4.78. The molecule has 0 fully saturated rings. The zero-order chi connectivity index (χ0) is 13.5. The van der Waals surface area contributed by atoms with Crippen LogP contribution >= 0.6 is 0 Å². The highest BCUT2D eigenvalue weighted by Crippen LogP contribution is 2.19. The fourth-order valence-corrected chi connectivity index (χ4v) is 2.05. The van der Waals surface area contributed by atoms with Crippen molar-refractivity contribution in [3.63, 3.8) is 0 Å². The molecule has 0 aliphatic heterocycles. The number of nitrogens with two attached hydrogens (primary N) is 1. The van der Waals surface area contributed by atoms with Crippen LogP contribution in [0.25, 0.3) is 0 Å². The molecule has 0 saturated heterocycles. The summed E-state index contributed by atoms with van der Waals surface area (Å²) < 4.78 is 0. The molecule has 19 heavy (non-hydrogen) atoms. The predicted molar refractivity (Wildman–Crippen MR) is 81.0 cm³/mol. The van der Waals surface area contributed by atoms with Gasteiger partial charge < -0.3 is 10.6 Å². The van der Waals surface area contributed by atoms with Gasteiger partial charge in [0.2, 0.25) is 0 Å². The van der Waals surface area contributed by atoms with Crippen molar-refractivity contribution < 1.29 is 0 Å². The second kappa shape index (κ2) is 6.78. The van der Waals surface area contributed by atoms with E-state index in [2.05, 4.69) is 41.1 Å². The van der Waals surface area contributed by atoms with E-state index in [1.165, 1.54) is 18.5 Å². The first-order valence-electron chi connectivity index (χ1n) is 6.80. The topological polar surface area (TPSA) is 42.2 Å². The zero-order valence-corrected chi connectivity index (χ0v) is 11.4. The average Bonchev–Trinajstić information content (AvgIpc) is 2.46. The van der Waals surface area contributed by atoms with Gasteiger partial charge in [0, 0.05) is 18.4 Å². The van der Waals surface area contributed by atoms with Crippen LogP contribution in [0.5, 0.6) is 0 Å². The Labute approximate surface area is 115 Å². The van der Waals surface area contributed by atoms with E-state index in [9.17, 15) is 0 Å². The second-order valence-corrected chi connectivity index (χ2v) is 4.65. The van der Waals surface area contributed by atoms with Gasteiger partial charge in [0.1, 0.15) is 0 Å². The summed E-state index contributed by atoms with van der Waals surface area (Å²) in [6.07, 6.45) is 4.15. The van der Waals surface area contributed by atoms with Crippen LogP contribution in [-0.4, -0.2) is 11.5 Å². The summed E-state index contributed by atoms with van der Waals surface area (Å²) in [5.41, 5.74) is 8.92. The molecule has 0 saturated carbocycles. The first-order valence-corrected chi connectivity index (χ1v) is 6.80. The average molecular weight is 255 g/mol. The number of para-hydroxylation sites is 1. The molecular weight excluding hydrogens is 234 g/mol. The fourth-order valence-electron chi connectivity index (χ4n) is 2.05. The molecule has 3 nitrogen and oxygen atoms in total. The van der Waals surface area contributed by atoms with Crippen LogP contribution in [0, 0.1) is 0 Å². The molecule has 2 N–H and O–H groups in total. The molecule has 100 valence electrons. The van der Waals surface area contributed by atoms with E-state index in [1.807, 2.05) is 18.2 Å². The summed E-state index contributed by atoms with van der Waals surface area (Å²) >= 11 is 0. The Bertz CT molecular complexity index is 496. The SMILES string of the molecule is CCCCN(Cc1ncccc1N)c1ccccc1. The summed E-state index contributed by atoms with van der Waals surface area (Å²) in [5, 5.41) is 0. The van der Waals surface area contributed by atoms with Crippen molar-refractivity contribution in [3.8, 4) is 0 Å². The molecule has 0 spiro atoms. The minimum absolute atomic E-state index is 0.761. The van der Waals surface area contributed by atoms with E-state index in [-0.39, 0.29) is 0 Å². The summed E-state index contributed by atoms with van der Waals surface area (Å²) in [7, 11) is 0. The van der Waals surface area contributed by atoms with E-state index < -0.39 is 0 Å². The number of anilines is 2. The fraction of sp³-hybridized carbons (Fsp3) is 0.312. The summed E-state index contributed by atoms with van der Waals surface area (Å²) in [4.78, 5) is 6.72. The van der Waals surface area contributed by atoms with Crippen LogP contribution in [0.4, 0.5) is 11.4 Å². The Morgan fingerprint density at radius 3 is 2.58 bits per heavy atom. The van der Waals surface area contributed by atoms with Crippen molar-refractivity contribution in [2.24, 2.45) is 0 Å². The highest BCUT2D eigenvalue weighted by molar-refractivity contribution is 5.49. The third kappa shape index (κ3) is 3.71. The van der Waals surface area contributed by atoms with Gasteiger partial charge in [-0.2, -0.15) is 0 Å². The van der Waals surface area contributed by atoms with Gasteiger partial charge >= 0.3 is 0 Å². The molecule has 1 aromatic heterocycles. The molecule has 0 radical (unpaired) electrons. The smallest absolute Gasteiger partial charge is 0.0825 e. The first-order chi connectivity index (χ1) is 9.31. The van der Waals surface area contributed by atoms with Crippen LogP contribution in [0.3, 0.4) is 0 Å². The monoisotopic (exact) mass is 255 g/mol. The first kappa shape index (κ1) is 13.4. The van der Waals surface area contributed by atoms with E-state index in [0.717, 1.165) is 24.5 Å². The maximum atomic E-state index is 5.99. The second-order valence-electron chi connectivity index (χ2n) is 4.65. The lowest BCUT2D eigenvalue weighted by atomic mass is 10.2. The van der Waals surface area contributed by atoms with Crippen molar-refractivity contribution in [2.75, 3.05) is 17.2 Å². The van der Waals surface area contributed by atoms with Crippen molar-refractivity contribution >= 4 is 11.4 Å². The molecule has 1 heterocycles. The summed E-state index contributed by atoms with van der Waals surface area (Å²) in [6.45, 7) is 3.99. The van der Waals surface area contributed by atoms with Gasteiger partial charge in [-0.05, 0) is 30.7 Å². The van der Waals surface area contributed by atoms with Crippen LogP contribution in [0.15, 0.2) is 48.7 Å². The Balaban J connectivity index is 2.17. The molecule has 0 aliphatic carbocycles. The molecule has 0 aliphatic rings. The van der Waals surface area contributed by atoms with Crippen LogP contribution < -0.4 is 10.6 Å². The van der Waals surface area contributed by atoms with Gasteiger partial charge in [-0.1, -0.05) is 31.5 Å². The standard InChI is InChI=1S/C16H21N3/c1-2-3-12-19(14-8-5-4-6-9-14)13-16-15(17)10-7-11-18-16/h4-11H,2-3,12-13,17H2,1H3. The molecule has 1 aromatic carbocycles. The number of nitrogen functional groups attached to an aromatic ring is 1. The van der Waals surface area contributed by atoms with E-state index in [0.29, 0.717) is 0 Å². The van der Waals surface area contributed by atoms with Crippen LogP contribution in [0.2, 0.25) is 0 Å². The molecule has 0 bridgehead atoms. The highest BCUT2D eigenvalue weighted by atomic mass is 15.1. The number of benzene rings is 1. The number of rotatable bonds is 6. The number of nitrogens with zero attached hydrogens (tertiary/aromatic N) is 2. The lowest BCUT2D eigenvalue weighted by Crippen LogP contribution is -2.24. The quantitative estimate of drug-likeness (QED) is 0.859. The third-order valence-electron chi connectivity index (χ3n) is 3.17. The summed E-state index contributed by atoms with van der Waals surface area (Å²) in [6, 6.07) is 14.2. The van der Waals surface area contributed by atoms with E-state index >= 15 is 0 Å². The summed E-state index contributed by atoms with van der Waals surface area (Å²) in [5.74, 6) is 0. The lowest BCUT2D eigenvalue weighted by Gasteiger charge is -2.25. The van der Waals surface area contributed by atoms with Gasteiger partial charge in [0.05, 0.1) is 17.9 Å². The number of hydrogen-bond donors (Lipinski definition) is 1. The maximum absolute atomic E-state index is 5.99. The molecular formula is C16H21N3.